The first-order chi connectivity index (χ1) is 9.80. The highest BCUT2D eigenvalue weighted by Gasteiger charge is 2.17. The third-order valence-corrected chi connectivity index (χ3v) is 3.15. The van der Waals surface area contributed by atoms with Crippen molar-refractivity contribution in [3.8, 4) is 5.75 Å². The molecule has 0 aliphatic carbocycles. The Morgan fingerprint density at radius 3 is 2.90 bits per heavy atom. The molecule has 1 heterocycles. The van der Waals surface area contributed by atoms with Crippen molar-refractivity contribution in [2.24, 2.45) is 5.84 Å². The van der Waals surface area contributed by atoms with E-state index in [1.165, 1.54) is 0 Å². The van der Waals surface area contributed by atoms with Crippen molar-refractivity contribution in [1.29, 1.82) is 0 Å². The van der Waals surface area contributed by atoms with Gasteiger partial charge in [-0.1, -0.05) is 19.1 Å². The zero-order valence-electron chi connectivity index (χ0n) is 12.0. The highest BCUT2D eigenvalue weighted by molar-refractivity contribution is 5.34. The molecule has 0 aliphatic heterocycles. The molecule has 0 spiro atoms. The lowest BCUT2D eigenvalue weighted by molar-refractivity contribution is 0.339. The summed E-state index contributed by atoms with van der Waals surface area (Å²) in [6.07, 6.45) is 2.84. The maximum atomic E-state index is 5.75. The predicted molar refractivity (Wildman–Crippen MR) is 79.3 cm³/mol. The van der Waals surface area contributed by atoms with Crippen LogP contribution in [0, 0.1) is 0 Å². The topological polar surface area (TPSA) is 65.1 Å². The first-order valence-electron chi connectivity index (χ1n) is 7.00. The number of ether oxygens (including phenoxy) is 1. The monoisotopic (exact) mass is 274 g/mol. The van der Waals surface area contributed by atoms with Crippen LogP contribution in [0.4, 0.5) is 0 Å². The summed E-state index contributed by atoms with van der Waals surface area (Å²) in [5.74, 6) is 6.61. The fourth-order valence-electron chi connectivity index (χ4n) is 2.29. The van der Waals surface area contributed by atoms with Gasteiger partial charge in [-0.15, -0.1) is 0 Å². The fourth-order valence-corrected chi connectivity index (χ4v) is 2.29. The van der Waals surface area contributed by atoms with Crippen molar-refractivity contribution in [3.63, 3.8) is 0 Å². The van der Waals surface area contributed by atoms with E-state index in [1.807, 2.05) is 48.1 Å². The van der Waals surface area contributed by atoms with Crippen LogP contribution >= 0.6 is 0 Å². The third kappa shape index (κ3) is 3.18. The average Bonchev–Trinajstić information content (AvgIpc) is 2.89. The van der Waals surface area contributed by atoms with Gasteiger partial charge in [0.15, 0.2) is 0 Å². The fraction of sp³-hybridized carbons (Fsp3) is 0.400. The van der Waals surface area contributed by atoms with Crippen molar-refractivity contribution in [2.45, 2.75) is 32.9 Å². The van der Waals surface area contributed by atoms with Gasteiger partial charge < -0.3 is 4.74 Å². The molecule has 1 aromatic carbocycles. The molecule has 0 radical (unpaired) electrons. The zero-order chi connectivity index (χ0) is 14.4. The van der Waals surface area contributed by atoms with E-state index in [2.05, 4.69) is 17.4 Å². The van der Waals surface area contributed by atoms with Gasteiger partial charge in [0.2, 0.25) is 0 Å². The van der Waals surface area contributed by atoms with E-state index in [-0.39, 0.29) is 6.04 Å². The molecule has 0 amide bonds. The maximum absolute atomic E-state index is 5.75. The third-order valence-electron chi connectivity index (χ3n) is 3.15. The van der Waals surface area contributed by atoms with Crippen molar-refractivity contribution >= 4 is 0 Å². The summed E-state index contributed by atoms with van der Waals surface area (Å²) in [4.78, 5) is 0. The molecule has 3 N–H and O–H groups in total. The first-order valence-corrected chi connectivity index (χ1v) is 7.00. The van der Waals surface area contributed by atoms with Gasteiger partial charge in [0.1, 0.15) is 5.75 Å². The molecule has 0 fully saturated rings. The Morgan fingerprint density at radius 2 is 2.20 bits per heavy atom. The van der Waals surface area contributed by atoms with E-state index >= 15 is 0 Å². The smallest absolute Gasteiger partial charge is 0.119 e. The van der Waals surface area contributed by atoms with Gasteiger partial charge in [-0.2, -0.15) is 5.10 Å². The summed E-state index contributed by atoms with van der Waals surface area (Å²) < 4.78 is 7.53. The number of nitrogens with zero attached hydrogens (tertiary/aromatic N) is 2. The van der Waals surface area contributed by atoms with Crippen LogP contribution in [0.3, 0.4) is 0 Å². The van der Waals surface area contributed by atoms with E-state index in [9.17, 15) is 0 Å². The number of hydrogen-bond donors (Lipinski definition) is 2. The van der Waals surface area contributed by atoms with Crippen LogP contribution in [0.25, 0.3) is 0 Å². The first kappa shape index (κ1) is 14.6. The number of nitrogens with one attached hydrogen (secondary N) is 1. The van der Waals surface area contributed by atoms with Gasteiger partial charge >= 0.3 is 0 Å². The van der Waals surface area contributed by atoms with E-state index < -0.39 is 0 Å². The van der Waals surface area contributed by atoms with E-state index in [0.717, 1.165) is 30.0 Å². The van der Waals surface area contributed by atoms with Gasteiger partial charge in [-0.05, 0) is 37.1 Å². The Morgan fingerprint density at radius 1 is 1.35 bits per heavy atom. The second kappa shape index (κ2) is 7.07. The Balaban J connectivity index is 2.31. The summed E-state index contributed by atoms with van der Waals surface area (Å²) >= 11 is 0. The molecule has 0 saturated heterocycles. The Bertz CT molecular complexity index is 538. The number of aromatic nitrogens is 2. The van der Waals surface area contributed by atoms with Crippen LogP contribution in [0.15, 0.2) is 36.5 Å². The van der Waals surface area contributed by atoms with Gasteiger partial charge in [-0.25, -0.2) is 5.43 Å². The molecule has 20 heavy (non-hydrogen) atoms. The normalized spacial score (nSPS) is 12.3. The van der Waals surface area contributed by atoms with Gasteiger partial charge in [0.05, 0.1) is 18.3 Å². The largest absolute Gasteiger partial charge is 0.494 e. The van der Waals surface area contributed by atoms with Crippen LogP contribution in [0.5, 0.6) is 5.75 Å². The molecule has 2 aromatic rings. The number of benzene rings is 1. The standard InChI is InChI=1S/C15H22N4O/c1-3-10-19-14(8-9-17-19)15(18-16)12-6-5-7-13(11-12)20-4-2/h5-9,11,15,18H,3-4,10,16H2,1-2H3. The van der Waals surface area contributed by atoms with Crippen LogP contribution in [0.2, 0.25) is 0 Å². The minimum absolute atomic E-state index is 0.0931. The highest BCUT2D eigenvalue weighted by Crippen LogP contribution is 2.24. The zero-order valence-corrected chi connectivity index (χ0v) is 12.0. The molecule has 108 valence electrons. The van der Waals surface area contributed by atoms with Crippen LogP contribution in [-0.4, -0.2) is 16.4 Å². The predicted octanol–water partition coefficient (Wildman–Crippen LogP) is 2.24. The number of rotatable bonds is 7. The molecule has 1 unspecified atom stereocenters. The second-order valence-electron chi connectivity index (χ2n) is 4.58. The summed E-state index contributed by atoms with van der Waals surface area (Å²) in [6.45, 7) is 5.64. The summed E-state index contributed by atoms with van der Waals surface area (Å²) in [5, 5.41) is 4.35. The average molecular weight is 274 g/mol. The molecular formula is C15H22N4O. The lowest BCUT2D eigenvalue weighted by atomic mass is 10.0. The number of aryl methyl sites for hydroxylation is 1. The van der Waals surface area contributed by atoms with Crippen LogP contribution in [0.1, 0.15) is 37.6 Å². The molecular weight excluding hydrogens is 252 g/mol. The van der Waals surface area contributed by atoms with Crippen LogP contribution < -0.4 is 16.0 Å². The minimum Gasteiger partial charge on any atom is -0.494 e. The minimum atomic E-state index is -0.0931. The molecule has 2 rings (SSSR count). The van der Waals surface area contributed by atoms with Gasteiger partial charge in [0, 0.05) is 12.7 Å². The Hall–Kier alpha value is -1.85. The molecule has 5 heteroatoms. The number of nitrogens with two attached hydrogens (primary N) is 1. The van der Waals surface area contributed by atoms with E-state index in [0.29, 0.717) is 6.61 Å². The van der Waals surface area contributed by atoms with E-state index in [4.69, 9.17) is 10.6 Å². The molecule has 0 saturated carbocycles. The summed E-state index contributed by atoms with van der Waals surface area (Å²) in [7, 11) is 0. The number of hydrazine groups is 1. The lowest BCUT2D eigenvalue weighted by Gasteiger charge is -2.18. The second-order valence-corrected chi connectivity index (χ2v) is 4.58. The highest BCUT2D eigenvalue weighted by atomic mass is 16.5. The van der Waals surface area contributed by atoms with E-state index in [1.54, 1.807) is 0 Å². The summed E-state index contributed by atoms with van der Waals surface area (Å²) in [5.41, 5.74) is 5.00. The molecule has 1 aromatic heterocycles. The van der Waals surface area contributed by atoms with Crippen LogP contribution in [-0.2, 0) is 6.54 Å². The van der Waals surface area contributed by atoms with Gasteiger partial charge in [0.25, 0.3) is 0 Å². The maximum Gasteiger partial charge on any atom is 0.119 e. The van der Waals surface area contributed by atoms with Crippen molar-refractivity contribution < 1.29 is 4.74 Å². The Labute approximate surface area is 119 Å². The SMILES string of the molecule is CCCn1nccc1C(NN)c1cccc(OCC)c1. The molecule has 1 atom stereocenters. The lowest BCUT2D eigenvalue weighted by Crippen LogP contribution is -2.30. The molecule has 0 aliphatic rings. The van der Waals surface area contributed by atoms with Crippen molar-refractivity contribution in [1.82, 2.24) is 15.2 Å². The van der Waals surface area contributed by atoms with Gasteiger partial charge in [-0.3, -0.25) is 10.5 Å². The van der Waals surface area contributed by atoms with Crippen molar-refractivity contribution in [3.05, 3.63) is 47.8 Å². The Kier molecular flexibility index (Phi) is 5.15. The number of hydrogen-bond acceptors (Lipinski definition) is 4. The molecule has 0 bridgehead atoms. The summed E-state index contributed by atoms with van der Waals surface area (Å²) in [6, 6.07) is 9.88. The molecule has 5 nitrogen and oxygen atoms in total. The van der Waals surface area contributed by atoms with Crippen molar-refractivity contribution in [2.75, 3.05) is 6.61 Å². The quantitative estimate of drug-likeness (QED) is 0.600.